The van der Waals surface area contributed by atoms with Crippen LogP contribution in [0.4, 0.5) is 5.69 Å². The van der Waals surface area contributed by atoms with E-state index >= 15 is 0 Å². The Balaban J connectivity index is 1.78. The first-order chi connectivity index (χ1) is 9.16. The number of nitrogens with one attached hydrogen (secondary N) is 1. The maximum absolute atomic E-state index is 12.2. The number of anilines is 1. The molecule has 0 saturated heterocycles. The molecule has 1 amide bonds. The molecule has 2 aliphatic rings. The van der Waals surface area contributed by atoms with Gasteiger partial charge in [-0.1, -0.05) is 24.3 Å². The summed E-state index contributed by atoms with van der Waals surface area (Å²) in [6.45, 7) is 0. The standard InChI is InChI=1S/C16H20N2O/c1-18(2)16(19)13-7-3-4-9-14(13)17-15-10-11-6-5-8-12(11)15/h3-5,7-9,11-12,15,17H,6,10H2,1-2H3. The van der Waals surface area contributed by atoms with Gasteiger partial charge in [-0.25, -0.2) is 0 Å². The van der Waals surface area contributed by atoms with Crippen molar-refractivity contribution in [3.8, 4) is 0 Å². The second-order valence-electron chi connectivity index (χ2n) is 5.73. The molecule has 19 heavy (non-hydrogen) atoms. The number of amides is 1. The Bertz CT molecular complexity index is 521. The smallest absolute Gasteiger partial charge is 0.255 e. The summed E-state index contributed by atoms with van der Waals surface area (Å²) in [5.74, 6) is 1.54. The Morgan fingerprint density at radius 1 is 1.32 bits per heavy atom. The van der Waals surface area contributed by atoms with Gasteiger partial charge in [0, 0.05) is 31.7 Å². The molecule has 0 spiro atoms. The average Bonchev–Trinajstić information content (AvgIpc) is 2.77. The number of rotatable bonds is 3. The van der Waals surface area contributed by atoms with Gasteiger partial charge < -0.3 is 10.2 Å². The van der Waals surface area contributed by atoms with Gasteiger partial charge in [-0.3, -0.25) is 4.79 Å². The van der Waals surface area contributed by atoms with Crippen molar-refractivity contribution in [2.24, 2.45) is 11.8 Å². The molecule has 3 nitrogen and oxygen atoms in total. The molecule has 0 bridgehead atoms. The molecule has 3 unspecified atom stereocenters. The van der Waals surface area contributed by atoms with E-state index in [1.807, 2.05) is 24.3 Å². The van der Waals surface area contributed by atoms with Gasteiger partial charge >= 0.3 is 0 Å². The number of carbonyl (C=O) groups excluding carboxylic acids is 1. The van der Waals surface area contributed by atoms with Crippen molar-refractivity contribution in [1.82, 2.24) is 4.90 Å². The minimum absolute atomic E-state index is 0.0564. The minimum Gasteiger partial charge on any atom is -0.381 e. The highest BCUT2D eigenvalue weighted by Crippen LogP contribution is 2.44. The van der Waals surface area contributed by atoms with Crippen molar-refractivity contribution in [3.63, 3.8) is 0 Å². The van der Waals surface area contributed by atoms with Crippen LogP contribution in [0, 0.1) is 11.8 Å². The van der Waals surface area contributed by atoms with Crippen molar-refractivity contribution < 1.29 is 4.79 Å². The van der Waals surface area contributed by atoms with Crippen LogP contribution in [0.2, 0.25) is 0 Å². The number of para-hydroxylation sites is 1. The molecule has 1 aromatic carbocycles. The number of hydrogen-bond donors (Lipinski definition) is 1. The summed E-state index contributed by atoms with van der Waals surface area (Å²) < 4.78 is 0. The van der Waals surface area contributed by atoms with Gasteiger partial charge in [0.15, 0.2) is 0 Å². The van der Waals surface area contributed by atoms with E-state index in [0.29, 0.717) is 12.0 Å². The van der Waals surface area contributed by atoms with Crippen LogP contribution in [-0.2, 0) is 0 Å². The summed E-state index contributed by atoms with van der Waals surface area (Å²) in [4.78, 5) is 13.8. The molecule has 0 aromatic heterocycles. The van der Waals surface area contributed by atoms with Gasteiger partial charge in [0.1, 0.15) is 0 Å². The highest BCUT2D eigenvalue weighted by Gasteiger charge is 2.41. The topological polar surface area (TPSA) is 32.3 Å². The molecule has 0 aliphatic heterocycles. The third kappa shape index (κ3) is 2.14. The van der Waals surface area contributed by atoms with Crippen LogP contribution in [-0.4, -0.2) is 30.9 Å². The number of carbonyl (C=O) groups is 1. The molecule has 1 fully saturated rings. The first-order valence-corrected chi connectivity index (χ1v) is 6.90. The number of benzene rings is 1. The second kappa shape index (κ2) is 4.72. The Labute approximate surface area is 114 Å². The highest BCUT2D eigenvalue weighted by atomic mass is 16.2. The molecule has 2 aliphatic carbocycles. The fourth-order valence-corrected chi connectivity index (χ4v) is 3.12. The fourth-order valence-electron chi connectivity index (χ4n) is 3.12. The van der Waals surface area contributed by atoms with Crippen LogP contribution < -0.4 is 5.32 Å². The van der Waals surface area contributed by atoms with Gasteiger partial charge in [0.05, 0.1) is 5.56 Å². The molecular weight excluding hydrogens is 236 g/mol. The van der Waals surface area contributed by atoms with Gasteiger partial charge in [0.25, 0.3) is 5.91 Å². The highest BCUT2D eigenvalue weighted by molar-refractivity contribution is 5.99. The van der Waals surface area contributed by atoms with E-state index in [-0.39, 0.29) is 5.91 Å². The van der Waals surface area contributed by atoms with E-state index in [2.05, 4.69) is 17.5 Å². The van der Waals surface area contributed by atoms with Crippen LogP contribution >= 0.6 is 0 Å². The maximum Gasteiger partial charge on any atom is 0.255 e. The average molecular weight is 256 g/mol. The van der Waals surface area contributed by atoms with Gasteiger partial charge in [-0.15, -0.1) is 0 Å². The number of allylic oxidation sites excluding steroid dienone is 1. The van der Waals surface area contributed by atoms with Crippen LogP contribution in [0.1, 0.15) is 23.2 Å². The molecule has 1 aromatic rings. The lowest BCUT2D eigenvalue weighted by molar-refractivity contribution is 0.0828. The van der Waals surface area contributed by atoms with E-state index < -0.39 is 0 Å². The number of fused-ring (bicyclic) bond motifs is 1. The molecule has 0 heterocycles. The predicted octanol–water partition coefficient (Wildman–Crippen LogP) is 2.76. The number of nitrogens with zero attached hydrogens (tertiary/aromatic N) is 1. The first kappa shape index (κ1) is 12.3. The lowest BCUT2D eigenvalue weighted by atomic mass is 9.71. The van der Waals surface area contributed by atoms with Crippen molar-refractivity contribution in [2.45, 2.75) is 18.9 Å². The Hall–Kier alpha value is -1.77. The lowest BCUT2D eigenvalue weighted by Crippen LogP contribution is -2.43. The second-order valence-corrected chi connectivity index (χ2v) is 5.73. The molecule has 1 saturated carbocycles. The van der Waals surface area contributed by atoms with Crippen LogP contribution in [0.25, 0.3) is 0 Å². The fraction of sp³-hybridized carbons (Fsp3) is 0.438. The van der Waals surface area contributed by atoms with E-state index in [4.69, 9.17) is 0 Å². The van der Waals surface area contributed by atoms with Crippen LogP contribution in [0.3, 0.4) is 0 Å². The lowest BCUT2D eigenvalue weighted by Gasteiger charge is -2.41. The van der Waals surface area contributed by atoms with Crippen molar-refractivity contribution in [2.75, 3.05) is 19.4 Å². The van der Waals surface area contributed by atoms with Gasteiger partial charge in [-0.05, 0) is 30.9 Å². The van der Waals surface area contributed by atoms with E-state index in [1.54, 1.807) is 19.0 Å². The Morgan fingerprint density at radius 3 is 2.84 bits per heavy atom. The molecule has 1 N–H and O–H groups in total. The van der Waals surface area contributed by atoms with Gasteiger partial charge in [-0.2, -0.15) is 0 Å². The summed E-state index contributed by atoms with van der Waals surface area (Å²) in [6.07, 6.45) is 7.04. The number of hydrogen-bond acceptors (Lipinski definition) is 2. The normalized spacial score (nSPS) is 27.6. The quantitative estimate of drug-likeness (QED) is 0.843. The van der Waals surface area contributed by atoms with Crippen molar-refractivity contribution in [1.29, 1.82) is 0 Å². The van der Waals surface area contributed by atoms with Crippen molar-refractivity contribution in [3.05, 3.63) is 42.0 Å². The monoisotopic (exact) mass is 256 g/mol. The van der Waals surface area contributed by atoms with E-state index in [1.165, 1.54) is 12.8 Å². The largest absolute Gasteiger partial charge is 0.381 e. The van der Waals surface area contributed by atoms with Crippen LogP contribution in [0.15, 0.2) is 36.4 Å². The Kier molecular flexibility index (Phi) is 3.05. The van der Waals surface area contributed by atoms with E-state index in [0.717, 1.165) is 17.2 Å². The molecule has 3 rings (SSSR count). The van der Waals surface area contributed by atoms with Gasteiger partial charge in [0.2, 0.25) is 0 Å². The summed E-state index contributed by atoms with van der Waals surface area (Å²) >= 11 is 0. The maximum atomic E-state index is 12.2. The zero-order chi connectivity index (χ0) is 13.4. The summed E-state index contributed by atoms with van der Waals surface area (Å²) in [5.41, 5.74) is 1.72. The summed E-state index contributed by atoms with van der Waals surface area (Å²) in [5, 5.41) is 3.56. The molecule has 0 radical (unpaired) electrons. The minimum atomic E-state index is 0.0564. The summed E-state index contributed by atoms with van der Waals surface area (Å²) in [7, 11) is 3.58. The third-order valence-electron chi connectivity index (χ3n) is 4.27. The zero-order valence-electron chi connectivity index (χ0n) is 11.5. The zero-order valence-corrected chi connectivity index (χ0v) is 11.5. The molecule has 100 valence electrons. The Morgan fingerprint density at radius 2 is 2.11 bits per heavy atom. The summed E-state index contributed by atoms with van der Waals surface area (Å²) in [6, 6.07) is 8.28. The first-order valence-electron chi connectivity index (χ1n) is 6.90. The molecule has 3 atom stereocenters. The van der Waals surface area contributed by atoms with Crippen LogP contribution in [0.5, 0.6) is 0 Å². The molecular formula is C16H20N2O. The SMILES string of the molecule is CN(C)C(=O)c1ccccc1NC1CC2CC=CC21. The van der Waals surface area contributed by atoms with E-state index in [9.17, 15) is 4.79 Å². The van der Waals surface area contributed by atoms with Crippen molar-refractivity contribution >= 4 is 11.6 Å². The molecule has 3 heteroatoms. The predicted molar refractivity (Wildman–Crippen MR) is 77.2 cm³/mol. The third-order valence-corrected chi connectivity index (χ3v) is 4.27.